The second-order valence-electron chi connectivity index (χ2n) is 5.15. The largest absolute Gasteiger partial charge is 0.381 e. The van der Waals surface area contributed by atoms with Crippen LogP contribution in [0.4, 0.5) is 0 Å². The van der Waals surface area contributed by atoms with Gasteiger partial charge in [0.25, 0.3) is 0 Å². The van der Waals surface area contributed by atoms with Crippen molar-refractivity contribution in [3.8, 4) is 0 Å². The number of aryl methyl sites for hydroxylation is 1. The van der Waals surface area contributed by atoms with Crippen LogP contribution in [-0.2, 0) is 17.8 Å². The van der Waals surface area contributed by atoms with Crippen molar-refractivity contribution in [1.29, 1.82) is 0 Å². The van der Waals surface area contributed by atoms with Gasteiger partial charge in [-0.3, -0.25) is 0 Å². The number of aromatic nitrogens is 2. The molecule has 0 saturated heterocycles. The summed E-state index contributed by atoms with van der Waals surface area (Å²) in [6.45, 7) is 6.95. The lowest BCUT2D eigenvalue weighted by atomic mass is 10.4. The van der Waals surface area contributed by atoms with Crippen LogP contribution in [-0.4, -0.2) is 29.3 Å². The minimum atomic E-state index is 0.870. The lowest BCUT2D eigenvalue weighted by molar-refractivity contribution is 0.119. The molecule has 0 amide bonds. The Hall–Kier alpha value is -0.870. The molecule has 1 heterocycles. The van der Waals surface area contributed by atoms with Gasteiger partial charge in [0, 0.05) is 32.5 Å². The highest BCUT2D eigenvalue weighted by molar-refractivity contribution is 4.95. The first-order chi connectivity index (χ1) is 8.88. The molecule has 1 saturated carbocycles. The maximum absolute atomic E-state index is 5.62. The second kappa shape index (κ2) is 7.54. The van der Waals surface area contributed by atoms with Crippen molar-refractivity contribution in [2.75, 3.05) is 19.8 Å². The lowest BCUT2D eigenvalue weighted by Crippen LogP contribution is -2.13. The molecule has 0 atom stereocenters. The summed E-state index contributed by atoms with van der Waals surface area (Å²) in [5.74, 6) is 0.870. The predicted molar refractivity (Wildman–Crippen MR) is 72.4 cm³/mol. The molecule has 102 valence electrons. The van der Waals surface area contributed by atoms with Gasteiger partial charge in [0.15, 0.2) is 0 Å². The highest BCUT2D eigenvalue weighted by atomic mass is 16.5. The molecular weight excluding hydrogens is 226 g/mol. The first-order valence-electron chi connectivity index (χ1n) is 7.17. The van der Waals surface area contributed by atoms with Gasteiger partial charge in [-0.25, -0.2) is 4.98 Å². The van der Waals surface area contributed by atoms with Crippen LogP contribution in [0.2, 0.25) is 0 Å². The van der Waals surface area contributed by atoms with E-state index in [0.717, 1.165) is 50.9 Å². The first-order valence-corrected chi connectivity index (χ1v) is 7.17. The molecule has 18 heavy (non-hydrogen) atoms. The van der Waals surface area contributed by atoms with E-state index >= 15 is 0 Å². The van der Waals surface area contributed by atoms with E-state index in [1.54, 1.807) is 0 Å². The van der Waals surface area contributed by atoms with Gasteiger partial charge in [0.05, 0.1) is 12.0 Å². The van der Waals surface area contributed by atoms with Crippen LogP contribution in [0.15, 0.2) is 12.5 Å². The Morgan fingerprint density at radius 2 is 2.39 bits per heavy atom. The third kappa shape index (κ3) is 5.19. The Morgan fingerprint density at radius 3 is 3.17 bits per heavy atom. The van der Waals surface area contributed by atoms with Crippen molar-refractivity contribution in [3.05, 3.63) is 18.2 Å². The highest BCUT2D eigenvalue weighted by Gasteiger charge is 2.20. The molecule has 0 bridgehead atoms. The molecule has 0 aromatic carbocycles. The fourth-order valence-corrected chi connectivity index (χ4v) is 1.90. The van der Waals surface area contributed by atoms with Gasteiger partial charge in [-0.15, -0.1) is 0 Å². The van der Waals surface area contributed by atoms with E-state index in [9.17, 15) is 0 Å². The van der Waals surface area contributed by atoms with E-state index in [1.165, 1.54) is 19.3 Å². The normalized spacial score (nSPS) is 15.2. The molecule has 1 aliphatic rings. The second-order valence-corrected chi connectivity index (χ2v) is 5.15. The maximum Gasteiger partial charge on any atom is 0.0949 e. The summed E-state index contributed by atoms with van der Waals surface area (Å²) in [4.78, 5) is 4.38. The summed E-state index contributed by atoms with van der Waals surface area (Å²) in [7, 11) is 0. The maximum atomic E-state index is 5.62. The zero-order chi connectivity index (χ0) is 12.6. The average molecular weight is 251 g/mol. The molecule has 4 heteroatoms. The van der Waals surface area contributed by atoms with Crippen LogP contribution in [0.25, 0.3) is 0 Å². The topological polar surface area (TPSA) is 39.1 Å². The van der Waals surface area contributed by atoms with Crippen LogP contribution in [0.5, 0.6) is 0 Å². The number of hydrogen-bond acceptors (Lipinski definition) is 3. The lowest BCUT2D eigenvalue weighted by Gasteiger charge is -2.03. The summed E-state index contributed by atoms with van der Waals surface area (Å²) < 4.78 is 7.78. The minimum absolute atomic E-state index is 0.870. The van der Waals surface area contributed by atoms with Gasteiger partial charge < -0.3 is 14.6 Å². The summed E-state index contributed by atoms with van der Waals surface area (Å²) in [6.07, 6.45) is 9.03. The predicted octanol–water partition coefficient (Wildman–Crippen LogP) is 2.20. The molecule has 1 aromatic heterocycles. The molecule has 0 unspecified atom stereocenters. The molecule has 1 aliphatic carbocycles. The van der Waals surface area contributed by atoms with E-state index < -0.39 is 0 Å². The minimum Gasteiger partial charge on any atom is -0.381 e. The number of ether oxygens (including phenoxy) is 1. The van der Waals surface area contributed by atoms with Crippen molar-refractivity contribution < 1.29 is 4.74 Å². The van der Waals surface area contributed by atoms with E-state index in [4.69, 9.17) is 4.74 Å². The average Bonchev–Trinajstić information content (AvgIpc) is 3.09. The van der Waals surface area contributed by atoms with E-state index in [1.807, 2.05) is 6.33 Å². The molecule has 1 N–H and O–H groups in total. The number of hydrogen-bond donors (Lipinski definition) is 1. The zero-order valence-corrected chi connectivity index (χ0v) is 11.4. The van der Waals surface area contributed by atoms with Crippen molar-refractivity contribution in [3.63, 3.8) is 0 Å². The van der Waals surface area contributed by atoms with Gasteiger partial charge in [0.1, 0.15) is 0 Å². The zero-order valence-electron chi connectivity index (χ0n) is 11.4. The summed E-state index contributed by atoms with van der Waals surface area (Å²) in [6, 6.07) is 0. The molecular formula is C14H25N3O. The summed E-state index contributed by atoms with van der Waals surface area (Å²) >= 11 is 0. The molecule has 1 aromatic rings. The quantitative estimate of drug-likeness (QED) is 0.648. The fourth-order valence-electron chi connectivity index (χ4n) is 1.90. The van der Waals surface area contributed by atoms with Crippen LogP contribution < -0.4 is 5.32 Å². The van der Waals surface area contributed by atoms with Gasteiger partial charge in [-0.1, -0.05) is 6.92 Å². The van der Waals surface area contributed by atoms with E-state index in [0.29, 0.717) is 0 Å². The first kappa shape index (κ1) is 13.6. The Balaban J connectivity index is 1.54. The highest BCUT2D eigenvalue weighted by Crippen LogP contribution is 2.28. The fraction of sp³-hybridized carbons (Fsp3) is 0.786. The van der Waals surface area contributed by atoms with Crippen LogP contribution in [0, 0.1) is 5.92 Å². The third-order valence-corrected chi connectivity index (χ3v) is 3.18. The van der Waals surface area contributed by atoms with Crippen molar-refractivity contribution in [2.45, 2.75) is 45.7 Å². The van der Waals surface area contributed by atoms with E-state index in [2.05, 4.69) is 28.0 Å². The van der Waals surface area contributed by atoms with Crippen LogP contribution in [0.1, 0.15) is 38.3 Å². The Kier molecular flexibility index (Phi) is 5.68. The van der Waals surface area contributed by atoms with Gasteiger partial charge >= 0.3 is 0 Å². The van der Waals surface area contributed by atoms with Crippen molar-refractivity contribution in [2.24, 2.45) is 5.92 Å². The third-order valence-electron chi connectivity index (χ3n) is 3.18. The Morgan fingerprint density at radius 1 is 1.50 bits per heavy atom. The SMILES string of the molecule is CCCNCc1cn(CCCOCC2CC2)cn1. The number of nitrogens with one attached hydrogen (secondary N) is 1. The number of imidazole rings is 1. The Bertz CT molecular complexity index is 334. The summed E-state index contributed by atoms with van der Waals surface area (Å²) in [5.41, 5.74) is 1.13. The van der Waals surface area contributed by atoms with Crippen LogP contribution >= 0.6 is 0 Å². The van der Waals surface area contributed by atoms with Gasteiger partial charge in [-0.05, 0) is 38.1 Å². The monoisotopic (exact) mass is 251 g/mol. The Labute approximate surface area is 110 Å². The van der Waals surface area contributed by atoms with E-state index in [-0.39, 0.29) is 0 Å². The molecule has 1 fully saturated rings. The standard InChI is InChI=1S/C14H25N3O/c1-2-6-15-9-14-10-17(12-16-14)7-3-8-18-11-13-4-5-13/h10,12-13,15H,2-9,11H2,1H3. The molecule has 0 aliphatic heterocycles. The van der Waals surface area contributed by atoms with Crippen molar-refractivity contribution in [1.82, 2.24) is 14.9 Å². The molecule has 2 rings (SSSR count). The summed E-state index contributed by atoms with van der Waals surface area (Å²) in [5, 5.41) is 3.36. The van der Waals surface area contributed by atoms with Gasteiger partial charge in [-0.2, -0.15) is 0 Å². The van der Waals surface area contributed by atoms with Crippen molar-refractivity contribution >= 4 is 0 Å². The molecule has 0 radical (unpaired) electrons. The number of nitrogens with zero attached hydrogens (tertiary/aromatic N) is 2. The smallest absolute Gasteiger partial charge is 0.0949 e. The van der Waals surface area contributed by atoms with Crippen LogP contribution in [0.3, 0.4) is 0 Å². The van der Waals surface area contributed by atoms with Gasteiger partial charge in [0.2, 0.25) is 0 Å². The molecule has 0 spiro atoms. The number of rotatable bonds is 10. The molecule has 4 nitrogen and oxygen atoms in total.